The molecule has 0 radical (unpaired) electrons. The van der Waals surface area contributed by atoms with Crippen molar-refractivity contribution in [3.63, 3.8) is 0 Å². The van der Waals surface area contributed by atoms with E-state index in [1.54, 1.807) is 0 Å². The molecule has 1 atom stereocenters. The lowest BCUT2D eigenvalue weighted by atomic mass is 9.73. The van der Waals surface area contributed by atoms with E-state index >= 15 is 0 Å². The maximum atomic E-state index is 11.2. The fraction of sp³-hybridized carbons (Fsp3) is 0.250. The van der Waals surface area contributed by atoms with Crippen LogP contribution in [0.4, 0.5) is 0 Å². The van der Waals surface area contributed by atoms with Crippen molar-refractivity contribution in [2.24, 2.45) is 5.73 Å². The van der Waals surface area contributed by atoms with Crippen LogP contribution in [0.1, 0.15) is 25.0 Å². The van der Waals surface area contributed by atoms with Crippen molar-refractivity contribution in [1.29, 1.82) is 0 Å². The first-order chi connectivity index (χ1) is 8.85. The minimum absolute atomic E-state index is 0.768. The summed E-state index contributed by atoms with van der Waals surface area (Å²) in [6, 6.07) is 17.0. The Kier molecular flexibility index (Phi) is 3.72. The van der Waals surface area contributed by atoms with Crippen LogP contribution in [0.5, 0.6) is 0 Å². The monoisotopic (exact) mass is 273 g/mol. The first-order valence-electron chi connectivity index (χ1n) is 6.22. The first-order valence-corrected chi connectivity index (χ1v) is 6.67. The maximum Gasteiger partial charge on any atom is 0.132 e. The summed E-state index contributed by atoms with van der Waals surface area (Å²) in [6.07, 6.45) is 0. The number of rotatable bonds is 3. The second-order valence-electron chi connectivity index (χ2n) is 5.34. The Morgan fingerprint density at radius 3 is 1.84 bits per heavy atom. The van der Waals surface area contributed by atoms with Gasteiger partial charge in [0.25, 0.3) is 0 Å². The normalized spacial score (nSPS) is 15.0. The lowest BCUT2D eigenvalue weighted by Gasteiger charge is -2.41. The Morgan fingerprint density at radius 2 is 1.37 bits per heavy atom. The average Bonchev–Trinajstić information content (AvgIpc) is 2.38. The van der Waals surface area contributed by atoms with E-state index in [9.17, 15) is 5.11 Å². The highest BCUT2D eigenvalue weighted by atomic mass is 32.1. The molecule has 3 heteroatoms. The van der Waals surface area contributed by atoms with Gasteiger partial charge in [-0.3, -0.25) is 0 Å². The SMILES string of the molecule is CC(C)(N)C(O)(c1ccccc1)c1ccc(S)cc1. The molecule has 0 aliphatic heterocycles. The molecule has 2 rings (SSSR count). The van der Waals surface area contributed by atoms with Gasteiger partial charge in [-0.05, 0) is 37.1 Å². The van der Waals surface area contributed by atoms with E-state index < -0.39 is 11.1 Å². The summed E-state index contributed by atoms with van der Waals surface area (Å²) >= 11 is 4.27. The van der Waals surface area contributed by atoms with Crippen molar-refractivity contribution in [3.05, 3.63) is 65.7 Å². The highest BCUT2D eigenvalue weighted by Gasteiger charge is 2.43. The molecule has 19 heavy (non-hydrogen) atoms. The first kappa shape index (κ1) is 14.1. The van der Waals surface area contributed by atoms with Gasteiger partial charge in [-0.1, -0.05) is 42.5 Å². The van der Waals surface area contributed by atoms with Crippen LogP contribution >= 0.6 is 12.6 Å². The Balaban J connectivity index is 2.63. The molecule has 0 amide bonds. The van der Waals surface area contributed by atoms with Gasteiger partial charge in [0.2, 0.25) is 0 Å². The molecule has 0 saturated heterocycles. The lowest BCUT2D eigenvalue weighted by molar-refractivity contribution is 0.0131. The molecular weight excluding hydrogens is 254 g/mol. The fourth-order valence-electron chi connectivity index (χ4n) is 2.29. The molecule has 0 aliphatic rings. The van der Waals surface area contributed by atoms with Gasteiger partial charge in [0.05, 0.1) is 0 Å². The molecular formula is C16H19NOS. The minimum atomic E-state index is -1.24. The van der Waals surface area contributed by atoms with Crippen molar-refractivity contribution in [2.45, 2.75) is 29.9 Å². The van der Waals surface area contributed by atoms with Gasteiger partial charge in [0.1, 0.15) is 5.60 Å². The zero-order valence-electron chi connectivity index (χ0n) is 11.2. The van der Waals surface area contributed by atoms with Crippen LogP contribution in [0.15, 0.2) is 59.5 Å². The molecule has 0 bridgehead atoms. The van der Waals surface area contributed by atoms with Gasteiger partial charge in [0.15, 0.2) is 0 Å². The lowest BCUT2D eigenvalue weighted by Crippen LogP contribution is -2.54. The Labute approximate surface area is 119 Å². The predicted molar refractivity (Wildman–Crippen MR) is 81.4 cm³/mol. The summed E-state index contributed by atoms with van der Waals surface area (Å²) in [5.41, 5.74) is 5.75. The highest BCUT2D eigenvalue weighted by molar-refractivity contribution is 7.80. The fourth-order valence-corrected chi connectivity index (χ4v) is 2.44. The molecule has 2 aromatic carbocycles. The molecule has 3 N–H and O–H groups in total. The van der Waals surface area contributed by atoms with Crippen molar-refractivity contribution in [3.8, 4) is 0 Å². The van der Waals surface area contributed by atoms with E-state index in [1.807, 2.05) is 68.4 Å². The number of hydrogen-bond donors (Lipinski definition) is 3. The quantitative estimate of drug-likeness (QED) is 0.753. The molecule has 2 aromatic rings. The largest absolute Gasteiger partial charge is 0.378 e. The molecule has 0 heterocycles. The average molecular weight is 273 g/mol. The summed E-state index contributed by atoms with van der Waals surface area (Å²) in [5, 5.41) is 11.2. The van der Waals surface area contributed by atoms with Crippen LogP contribution in [-0.2, 0) is 5.60 Å². The number of aliphatic hydroxyl groups is 1. The van der Waals surface area contributed by atoms with Crippen LogP contribution in [0, 0.1) is 0 Å². The summed E-state index contributed by atoms with van der Waals surface area (Å²) < 4.78 is 0. The van der Waals surface area contributed by atoms with Crippen molar-refractivity contribution >= 4 is 12.6 Å². The minimum Gasteiger partial charge on any atom is -0.378 e. The number of nitrogens with two attached hydrogens (primary N) is 1. The summed E-state index contributed by atoms with van der Waals surface area (Å²) in [5.74, 6) is 0. The molecule has 0 fully saturated rings. The van der Waals surface area contributed by atoms with Gasteiger partial charge in [-0.2, -0.15) is 0 Å². The third-order valence-corrected chi connectivity index (χ3v) is 3.71. The van der Waals surface area contributed by atoms with Crippen LogP contribution in [0.25, 0.3) is 0 Å². The van der Waals surface area contributed by atoms with Crippen LogP contribution < -0.4 is 5.73 Å². The summed E-state index contributed by atoms with van der Waals surface area (Å²) in [7, 11) is 0. The van der Waals surface area contributed by atoms with Gasteiger partial charge < -0.3 is 10.8 Å². The molecule has 0 spiro atoms. The second-order valence-corrected chi connectivity index (χ2v) is 5.86. The van der Waals surface area contributed by atoms with E-state index in [4.69, 9.17) is 5.73 Å². The van der Waals surface area contributed by atoms with E-state index in [2.05, 4.69) is 12.6 Å². The Morgan fingerprint density at radius 1 is 0.895 bits per heavy atom. The predicted octanol–water partition coefficient (Wildman–Crippen LogP) is 2.95. The number of hydrogen-bond acceptors (Lipinski definition) is 3. The molecule has 0 aromatic heterocycles. The van der Waals surface area contributed by atoms with Crippen LogP contribution in [0.3, 0.4) is 0 Å². The van der Waals surface area contributed by atoms with Crippen LogP contribution in [0.2, 0.25) is 0 Å². The van der Waals surface area contributed by atoms with Gasteiger partial charge in [-0.15, -0.1) is 12.6 Å². The molecule has 2 nitrogen and oxygen atoms in total. The highest BCUT2D eigenvalue weighted by Crippen LogP contribution is 2.38. The maximum absolute atomic E-state index is 11.2. The standard InChI is InChI=1S/C16H19NOS/c1-15(2,17)16(18,12-6-4-3-5-7-12)13-8-10-14(19)11-9-13/h3-11,18-19H,17H2,1-2H3. The summed E-state index contributed by atoms with van der Waals surface area (Å²) in [6.45, 7) is 3.66. The molecule has 100 valence electrons. The van der Waals surface area contributed by atoms with Gasteiger partial charge in [-0.25, -0.2) is 0 Å². The topological polar surface area (TPSA) is 46.2 Å². The zero-order chi connectivity index (χ0) is 14.1. The van der Waals surface area contributed by atoms with Crippen molar-refractivity contribution in [1.82, 2.24) is 0 Å². The Hall–Kier alpha value is -1.29. The van der Waals surface area contributed by atoms with Crippen LogP contribution in [-0.4, -0.2) is 10.6 Å². The van der Waals surface area contributed by atoms with E-state index in [-0.39, 0.29) is 0 Å². The molecule has 1 unspecified atom stereocenters. The third kappa shape index (κ3) is 2.54. The number of benzene rings is 2. The van der Waals surface area contributed by atoms with E-state index in [0.717, 1.165) is 16.0 Å². The van der Waals surface area contributed by atoms with E-state index in [1.165, 1.54) is 0 Å². The van der Waals surface area contributed by atoms with Gasteiger partial charge >= 0.3 is 0 Å². The molecule has 0 saturated carbocycles. The Bertz CT molecular complexity index is 545. The van der Waals surface area contributed by atoms with Gasteiger partial charge in [0, 0.05) is 10.4 Å². The zero-order valence-corrected chi connectivity index (χ0v) is 12.1. The smallest absolute Gasteiger partial charge is 0.132 e. The van der Waals surface area contributed by atoms with E-state index in [0.29, 0.717) is 0 Å². The molecule has 0 aliphatic carbocycles. The second kappa shape index (κ2) is 5.00. The van der Waals surface area contributed by atoms with Crippen molar-refractivity contribution in [2.75, 3.05) is 0 Å². The third-order valence-electron chi connectivity index (χ3n) is 3.41. The summed E-state index contributed by atoms with van der Waals surface area (Å²) in [4.78, 5) is 0.856. The van der Waals surface area contributed by atoms with Crippen molar-refractivity contribution < 1.29 is 5.11 Å². The number of thiol groups is 1.